The number of aromatic nitrogens is 4. The van der Waals surface area contributed by atoms with Crippen molar-refractivity contribution in [1.29, 1.82) is 0 Å². The zero-order chi connectivity index (χ0) is 12.3. The third kappa shape index (κ3) is 2.24. The molecule has 0 fully saturated rings. The van der Waals surface area contributed by atoms with Crippen molar-refractivity contribution in [2.24, 2.45) is 12.9 Å². The summed E-state index contributed by atoms with van der Waals surface area (Å²) in [5.74, 6) is 5.98. The number of methoxy groups -OCH3 is 1. The molecule has 2 aromatic rings. The number of hydrogen-bond acceptors (Lipinski definition) is 6. The van der Waals surface area contributed by atoms with E-state index < -0.39 is 0 Å². The first-order valence-electron chi connectivity index (χ1n) is 5.07. The van der Waals surface area contributed by atoms with E-state index in [1.807, 2.05) is 19.3 Å². The molecule has 0 aliphatic rings. The fourth-order valence-corrected chi connectivity index (χ4v) is 1.58. The third-order valence-electron chi connectivity index (χ3n) is 2.35. The molecule has 2 heterocycles. The number of hydrogen-bond donors (Lipinski definition) is 2. The molecule has 1 atom stereocenters. The molecule has 0 saturated heterocycles. The van der Waals surface area contributed by atoms with Crippen molar-refractivity contribution in [2.45, 2.75) is 6.04 Å². The molecule has 0 radical (unpaired) electrons. The number of hydrazine groups is 1. The van der Waals surface area contributed by atoms with Crippen LogP contribution in [-0.4, -0.2) is 26.9 Å². The lowest BCUT2D eigenvalue weighted by molar-refractivity contribution is 0.382. The standard InChI is InChI=1S/C10H14N6O/c1-16-6-3-7(15-16)8(14-11)9-10(17-2)13-5-4-12-9/h3-6,8,14H,11H2,1-2H3. The second kappa shape index (κ2) is 4.89. The van der Waals surface area contributed by atoms with Crippen LogP contribution in [0, 0.1) is 0 Å². The number of nitrogens with one attached hydrogen (secondary N) is 1. The number of aryl methyl sites for hydroxylation is 1. The predicted molar refractivity (Wildman–Crippen MR) is 61.0 cm³/mol. The maximum absolute atomic E-state index is 5.55. The molecule has 7 nitrogen and oxygen atoms in total. The quantitative estimate of drug-likeness (QED) is 0.561. The van der Waals surface area contributed by atoms with E-state index >= 15 is 0 Å². The molecule has 1 unspecified atom stereocenters. The average molecular weight is 234 g/mol. The van der Waals surface area contributed by atoms with Gasteiger partial charge in [0.05, 0.1) is 12.8 Å². The average Bonchev–Trinajstić information content (AvgIpc) is 2.77. The fraction of sp³-hybridized carbons (Fsp3) is 0.300. The van der Waals surface area contributed by atoms with E-state index in [4.69, 9.17) is 10.6 Å². The van der Waals surface area contributed by atoms with Gasteiger partial charge in [0.15, 0.2) is 0 Å². The van der Waals surface area contributed by atoms with Gasteiger partial charge in [-0.1, -0.05) is 0 Å². The van der Waals surface area contributed by atoms with Gasteiger partial charge in [-0.3, -0.25) is 15.5 Å². The minimum absolute atomic E-state index is 0.347. The van der Waals surface area contributed by atoms with Crippen LogP contribution < -0.4 is 16.0 Å². The number of rotatable bonds is 4. The minimum atomic E-state index is -0.347. The maximum Gasteiger partial charge on any atom is 0.237 e. The molecular formula is C10H14N6O. The van der Waals surface area contributed by atoms with Crippen LogP contribution in [0.15, 0.2) is 24.7 Å². The van der Waals surface area contributed by atoms with E-state index in [1.165, 1.54) is 0 Å². The van der Waals surface area contributed by atoms with Crippen molar-refractivity contribution >= 4 is 0 Å². The first kappa shape index (κ1) is 11.5. The molecule has 2 rings (SSSR count). The lowest BCUT2D eigenvalue weighted by atomic mass is 10.1. The van der Waals surface area contributed by atoms with Crippen LogP contribution in [0.25, 0.3) is 0 Å². The van der Waals surface area contributed by atoms with Gasteiger partial charge in [0, 0.05) is 25.6 Å². The lowest BCUT2D eigenvalue weighted by Crippen LogP contribution is -2.30. The zero-order valence-corrected chi connectivity index (χ0v) is 9.66. The van der Waals surface area contributed by atoms with Crippen LogP contribution in [0.2, 0.25) is 0 Å². The van der Waals surface area contributed by atoms with Crippen molar-refractivity contribution < 1.29 is 4.74 Å². The zero-order valence-electron chi connectivity index (χ0n) is 9.66. The van der Waals surface area contributed by atoms with Crippen molar-refractivity contribution in [1.82, 2.24) is 25.2 Å². The summed E-state index contributed by atoms with van der Waals surface area (Å²) < 4.78 is 6.85. The Morgan fingerprint density at radius 1 is 1.41 bits per heavy atom. The molecule has 90 valence electrons. The van der Waals surface area contributed by atoms with Crippen LogP contribution >= 0.6 is 0 Å². The van der Waals surface area contributed by atoms with Crippen LogP contribution in [0.5, 0.6) is 5.88 Å². The van der Waals surface area contributed by atoms with Crippen LogP contribution in [0.4, 0.5) is 0 Å². The van der Waals surface area contributed by atoms with E-state index in [2.05, 4.69) is 20.5 Å². The molecule has 0 aliphatic carbocycles. The first-order valence-corrected chi connectivity index (χ1v) is 5.07. The molecule has 0 bridgehead atoms. The summed E-state index contributed by atoms with van der Waals surface area (Å²) in [7, 11) is 3.38. The SMILES string of the molecule is COc1nccnc1C(NN)c1ccn(C)n1. The van der Waals surface area contributed by atoms with E-state index in [-0.39, 0.29) is 6.04 Å². The molecule has 2 aromatic heterocycles. The Kier molecular flexibility index (Phi) is 3.31. The second-order valence-electron chi connectivity index (χ2n) is 3.46. The highest BCUT2D eigenvalue weighted by Gasteiger charge is 2.21. The second-order valence-corrected chi connectivity index (χ2v) is 3.46. The van der Waals surface area contributed by atoms with Crippen LogP contribution in [0.3, 0.4) is 0 Å². The van der Waals surface area contributed by atoms with Gasteiger partial charge in [-0.25, -0.2) is 10.4 Å². The Balaban J connectivity index is 2.41. The largest absolute Gasteiger partial charge is 0.480 e. The van der Waals surface area contributed by atoms with E-state index in [9.17, 15) is 0 Å². The van der Waals surface area contributed by atoms with Gasteiger partial charge >= 0.3 is 0 Å². The molecule has 7 heteroatoms. The van der Waals surface area contributed by atoms with Gasteiger partial charge in [-0.15, -0.1) is 0 Å². The summed E-state index contributed by atoms with van der Waals surface area (Å²) in [6, 6.07) is 1.51. The van der Waals surface area contributed by atoms with Gasteiger partial charge in [0.25, 0.3) is 0 Å². The highest BCUT2D eigenvalue weighted by molar-refractivity contribution is 5.28. The minimum Gasteiger partial charge on any atom is -0.480 e. The maximum atomic E-state index is 5.55. The topological polar surface area (TPSA) is 90.9 Å². The summed E-state index contributed by atoms with van der Waals surface area (Å²) in [6.07, 6.45) is 4.99. The third-order valence-corrected chi connectivity index (χ3v) is 2.35. The van der Waals surface area contributed by atoms with Gasteiger partial charge in [-0.05, 0) is 6.07 Å². The van der Waals surface area contributed by atoms with Crippen molar-refractivity contribution in [3.63, 3.8) is 0 Å². The highest BCUT2D eigenvalue weighted by Crippen LogP contribution is 2.23. The van der Waals surface area contributed by atoms with Gasteiger partial charge in [-0.2, -0.15) is 5.10 Å². The summed E-state index contributed by atoms with van der Waals surface area (Å²) in [6.45, 7) is 0. The lowest BCUT2D eigenvalue weighted by Gasteiger charge is -2.14. The Bertz CT molecular complexity index is 497. The summed E-state index contributed by atoms with van der Waals surface area (Å²) in [5.41, 5.74) is 4.03. The van der Waals surface area contributed by atoms with Gasteiger partial charge < -0.3 is 4.74 Å². The van der Waals surface area contributed by atoms with Crippen molar-refractivity contribution in [2.75, 3.05) is 7.11 Å². The van der Waals surface area contributed by atoms with Crippen LogP contribution in [0.1, 0.15) is 17.4 Å². The molecular weight excluding hydrogens is 220 g/mol. The summed E-state index contributed by atoms with van der Waals surface area (Å²) in [4.78, 5) is 8.31. The normalized spacial score (nSPS) is 12.4. The summed E-state index contributed by atoms with van der Waals surface area (Å²) >= 11 is 0. The molecule has 0 spiro atoms. The number of nitrogens with two attached hydrogens (primary N) is 1. The molecule has 3 N–H and O–H groups in total. The summed E-state index contributed by atoms with van der Waals surface area (Å²) in [5, 5.41) is 4.28. The van der Waals surface area contributed by atoms with Crippen LogP contribution in [-0.2, 0) is 7.05 Å². The molecule has 0 saturated carbocycles. The van der Waals surface area contributed by atoms with Gasteiger partial charge in [0.1, 0.15) is 11.7 Å². The molecule has 0 aliphatic heterocycles. The predicted octanol–water partition coefficient (Wildman–Crippen LogP) is -0.229. The molecule has 17 heavy (non-hydrogen) atoms. The Morgan fingerprint density at radius 2 is 2.18 bits per heavy atom. The Hall–Kier alpha value is -1.99. The molecule has 0 aromatic carbocycles. The van der Waals surface area contributed by atoms with E-state index in [0.29, 0.717) is 11.6 Å². The van der Waals surface area contributed by atoms with Gasteiger partial charge in [0.2, 0.25) is 5.88 Å². The Labute approximate surface area is 98.6 Å². The van der Waals surface area contributed by atoms with E-state index in [0.717, 1.165) is 5.69 Å². The monoisotopic (exact) mass is 234 g/mol. The fourth-order valence-electron chi connectivity index (χ4n) is 1.58. The molecule has 0 amide bonds. The van der Waals surface area contributed by atoms with Crippen molar-refractivity contribution in [3.8, 4) is 5.88 Å². The van der Waals surface area contributed by atoms with Crippen molar-refractivity contribution in [3.05, 3.63) is 36.0 Å². The smallest absolute Gasteiger partial charge is 0.237 e. The number of ether oxygens (including phenoxy) is 1. The number of nitrogens with zero attached hydrogens (tertiary/aromatic N) is 4. The highest BCUT2D eigenvalue weighted by atomic mass is 16.5. The van der Waals surface area contributed by atoms with E-state index in [1.54, 1.807) is 24.2 Å². The Morgan fingerprint density at radius 3 is 2.76 bits per heavy atom. The first-order chi connectivity index (χ1) is 8.26.